The highest BCUT2D eigenvalue weighted by molar-refractivity contribution is 5.66. The molecule has 0 saturated heterocycles. The van der Waals surface area contributed by atoms with E-state index in [4.69, 9.17) is 0 Å². The van der Waals surface area contributed by atoms with Crippen LogP contribution >= 0.6 is 0 Å². The summed E-state index contributed by atoms with van der Waals surface area (Å²) in [5, 5.41) is 14.6. The molecule has 3 aromatic heterocycles. The number of aromatic amines is 1. The number of anilines is 1. The Balaban J connectivity index is 1.71. The molecule has 3 heterocycles. The van der Waals surface area contributed by atoms with Crippen LogP contribution in [-0.2, 0) is 6.54 Å². The second-order valence-electron chi connectivity index (χ2n) is 5.18. The van der Waals surface area contributed by atoms with Crippen LogP contribution in [0.4, 0.5) is 5.82 Å². The highest BCUT2D eigenvalue weighted by Crippen LogP contribution is 2.22. The molecule has 7 heteroatoms. The van der Waals surface area contributed by atoms with Crippen LogP contribution in [0.1, 0.15) is 11.6 Å². The Morgan fingerprint density at radius 1 is 1.13 bits per heavy atom. The highest BCUT2D eigenvalue weighted by Gasteiger charge is 2.09. The number of rotatable bonds is 4. The molecule has 0 saturated carbocycles. The van der Waals surface area contributed by atoms with Gasteiger partial charge in [-0.05, 0) is 6.92 Å². The maximum absolute atomic E-state index is 4.65. The minimum absolute atomic E-state index is 0.511. The van der Waals surface area contributed by atoms with Crippen molar-refractivity contribution in [3.05, 3.63) is 60.3 Å². The first kappa shape index (κ1) is 13.4. The molecular weight excluding hydrogens is 290 g/mol. The summed E-state index contributed by atoms with van der Waals surface area (Å²) in [5.74, 6) is 2.35. The molecule has 0 radical (unpaired) electrons. The minimum atomic E-state index is 0.511. The summed E-state index contributed by atoms with van der Waals surface area (Å²) in [6.07, 6.45) is 1.74. The number of aryl methyl sites for hydroxylation is 1. The fraction of sp³-hybridized carbons (Fsp3) is 0.125. The van der Waals surface area contributed by atoms with Gasteiger partial charge in [0.1, 0.15) is 11.6 Å². The van der Waals surface area contributed by atoms with Gasteiger partial charge < -0.3 is 5.32 Å². The third-order valence-corrected chi connectivity index (χ3v) is 3.50. The van der Waals surface area contributed by atoms with Crippen molar-refractivity contribution in [2.75, 3.05) is 5.32 Å². The van der Waals surface area contributed by atoms with E-state index in [-0.39, 0.29) is 0 Å². The van der Waals surface area contributed by atoms with Crippen molar-refractivity contribution in [2.24, 2.45) is 0 Å². The van der Waals surface area contributed by atoms with Crippen LogP contribution in [0.3, 0.4) is 0 Å². The summed E-state index contributed by atoms with van der Waals surface area (Å²) < 4.78 is 1.77. The Morgan fingerprint density at radius 3 is 2.78 bits per heavy atom. The summed E-state index contributed by atoms with van der Waals surface area (Å²) in [6.45, 7) is 2.39. The normalized spacial score (nSPS) is 11.0. The van der Waals surface area contributed by atoms with Gasteiger partial charge in [0.2, 0.25) is 0 Å². The molecule has 114 valence electrons. The minimum Gasteiger partial charge on any atom is -0.363 e. The Bertz CT molecular complexity index is 939. The molecule has 0 unspecified atom stereocenters. The number of fused-ring (bicyclic) bond motifs is 1. The molecule has 4 rings (SSSR count). The van der Waals surface area contributed by atoms with Gasteiger partial charge in [0, 0.05) is 17.7 Å². The van der Waals surface area contributed by atoms with E-state index in [0.29, 0.717) is 12.4 Å². The SMILES string of the molecule is Cc1nc(CNc2cc(-c3ccccc3)nc3ccnn23)n[nH]1. The molecule has 23 heavy (non-hydrogen) atoms. The molecule has 2 N–H and O–H groups in total. The molecule has 0 aliphatic heterocycles. The topological polar surface area (TPSA) is 83.8 Å². The smallest absolute Gasteiger partial charge is 0.169 e. The number of hydrogen-bond donors (Lipinski definition) is 2. The van der Waals surface area contributed by atoms with E-state index in [1.54, 1.807) is 10.7 Å². The van der Waals surface area contributed by atoms with E-state index in [0.717, 1.165) is 28.5 Å². The van der Waals surface area contributed by atoms with Crippen molar-refractivity contribution in [2.45, 2.75) is 13.5 Å². The van der Waals surface area contributed by atoms with Gasteiger partial charge in [-0.1, -0.05) is 30.3 Å². The Hall–Kier alpha value is -3.22. The lowest BCUT2D eigenvalue weighted by atomic mass is 10.1. The van der Waals surface area contributed by atoms with Gasteiger partial charge in [-0.3, -0.25) is 5.10 Å². The summed E-state index contributed by atoms with van der Waals surface area (Å²) in [5.41, 5.74) is 2.75. The molecular formula is C16H15N7. The largest absolute Gasteiger partial charge is 0.363 e. The molecule has 0 fully saturated rings. The van der Waals surface area contributed by atoms with Gasteiger partial charge >= 0.3 is 0 Å². The monoisotopic (exact) mass is 305 g/mol. The fourth-order valence-corrected chi connectivity index (χ4v) is 2.43. The van der Waals surface area contributed by atoms with Gasteiger partial charge in [-0.15, -0.1) is 0 Å². The molecule has 0 aliphatic rings. The molecule has 4 aromatic rings. The average molecular weight is 305 g/mol. The predicted molar refractivity (Wildman–Crippen MR) is 86.9 cm³/mol. The summed E-state index contributed by atoms with van der Waals surface area (Å²) in [6, 6.07) is 13.9. The molecule has 7 nitrogen and oxygen atoms in total. The maximum atomic E-state index is 4.65. The quantitative estimate of drug-likeness (QED) is 0.605. The second-order valence-corrected chi connectivity index (χ2v) is 5.18. The van der Waals surface area contributed by atoms with Crippen molar-refractivity contribution >= 4 is 11.5 Å². The molecule has 0 bridgehead atoms. The van der Waals surface area contributed by atoms with Gasteiger partial charge in [-0.25, -0.2) is 9.97 Å². The lowest BCUT2D eigenvalue weighted by Crippen LogP contribution is -2.07. The number of nitrogens with one attached hydrogen (secondary N) is 2. The second kappa shape index (κ2) is 5.53. The summed E-state index contributed by atoms with van der Waals surface area (Å²) >= 11 is 0. The van der Waals surface area contributed by atoms with Crippen LogP contribution in [0.15, 0.2) is 48.7 Å². The van der Waals surface area contributed by atoms with Crippen molar-refractivity contribution in [1.29, 1.82) is 0 Å². The zero-order valence-electron chi connectivity index (χ0n) is 12.6. The van der Waals surface area contributed by atoms with E-state index >= 15 is 0 Å². The van der Waals surface area contributed by atoms with Crippen LogP contribution in [0.5, 0.6) is 0 Å². The number of benzene rings is 1. The number of H-pyrrole nitrogens is 1. The first-order valence-corrected chi connectivity index (χ1v) is 7.31. The van der Waals surface area contributed by atoms with Gasteiger partial charge in [0.05, 0.1) is 18.4 Å². The number of aromatic nitrogens is 6. The van der Waals surface area contributed by atoms with E-state index < -0.39 is 0 Å². The first-order valence-electron chi connectivity index (χ1n) is 7.31. The molecule has 0 amide bonds. The van der Waals surface area contributed by atoms with E-state index in [9.17, 15) is 0 Å². The van der Waals surface area contributed by atoms with Gasteiger partial charge in [0.15, 0.2) is 11.5 Å². The zero-order chi connectivity index (χ0) is 15.6. The molecule has 0 aliphatic carbocycles. The Kier molecular flexibility index (Phi) is 3.23. The van der Waals surface area contributed by atoms with Crippen LogP contribution in [0, 0.1) is 6.92 Å². The Morgan fingerprint density at radius 2 is 2.00 bits per heavy atom. The number of nitrogens with zero attached hydrogens (tertiary/aromatic N) is 5. The third kappa shape index (κ3) is 2.64. The van der Waals surface area contributed by atoms with E-state index in [2.05, 4.69) is 30.6 Å². The van der Waals surface area contributed by atoms with E-state index in [1.807, 2.05) is 49.4 Å². The standard InChI is InChI=1S/C16H15N7/c1-11-19-14(22-21-11)10-17-16-9-13(12-5-3-2-4-6-12)20-15-7-8-18-23(15)16/h2-9,17H,10H2,1H3,(H,19,21,22). The van der Waals surface area contributed by atoms with Crippen molar-refractivity contribution in [3.63, 3.8) is 0 Å². The van der Waals surface area contributed by atoms with Crippen LogP contribution in [-0.4, -0.2) is 29.8 Å². The van der Waals surface area contributed by atoms with E-state index in [1.165, 1.54) is 0 Å². The molecule has 0 spiro atoms. The van der Waals surface area contributed by atoms with Crippen LogP contribution < -0.4 is 5.32 Å². The predicted octanol–water partition coefficient (Wildman–Crippen LogP) is 2.43. The third-order valence-electron chi connectivity index (χ3n) is 3.50. The van der Waals surface area contributed by atoms with Crippen molar-refractivity contribution < 1.29 is 0 Å². The van der Waals surface area contributed by atoms with Crippen LogP contribution in [0.2, 0.25) is 0 Å². The number of hydrogen-bond acceptors (Lipinski definition) is 5. The Labute approximate surface area is 132 Å². The van der Waals surface area contributed by atoms with Gasteiger partial charge in [-0.2, -0.15) is 14.7 Å². The highest BCUT2D eigenvalue weighted by atomic mass is 15.3. The average Bonchev–Trinajstić information content (AvgIpc) is 3.22. The van der Waals surface area contributed by atoms with Crippen molar-refractivity contribution in [3.8, 4) is 11.3 Å². The maximum Gasteiger partial charge on any atom is 0.169 e. The lowest BCUT2D eigenvalue weighted by Gasteiger charge is -2.09. The van der Waals surface area contributed by atoms with Crippen molar-refractivity contribution in [1.82, 2.24) is 29.8 Å². The fourth-order valence-electron chi connectivity index (χ4n) is 2.43. The molecule has 0 atom stereocenters. The summed E-state index contributed by atoms with van der Waals surface area (Å²) in [4.78, 5) is 8.95. The van der Waals surface area contributed by atoms with Gasteiger partial charge in [0.25, 0.3) is 0 Å². The summed E-state index contributed by atoms with van der Waals surface area (Å²) in [7, 11) is 0. The van der Waals surface area contributed by atoms with Crippen LogP contribution in [0.25, 0.3) is 16.9 Å². The molecule has 1 aromatic carbocycles. The first-order chi connectivity index (χ1) is 11.3. The zero-order valence-corrected chi connectivity index (χ0v) is 12.6. The lowest BCUT2D eigenvalue weighted by molar-refractivity contribution is 0.898.